The highest BCUT2D eigenvalue weighted by Gasteiger charge is 2.09. The molecule has 1 aromatic heterocycles. The van der Waals surface area contributed by atoms with E-state index in [9.17, 15) is 4.79 Å². The van der Waals surface area contributed by atoms with Crippen molar-refractivity contribution in [2.45, 2.75) is 13.8 Å². The number of benzene rings is 1. The van der Waals surface area contributed by atoms with E-state index in [-0.39, 0.29) is 5.91 Å². The van der Waals surface area contributed by atoms with Gasteiger partial charge in [-0.05, 0) is 50.3 Å². The molecule has 0 unspecified atom stereocenters. The first-order valence-electron chi connectivity index (χ1n) is 7.07. The molecule has 0 aliphatic carbocycles. The summed E-state index contributed by atoms with van der Waals surface area (Å²) in [7, 11) is 0. The van der Waals surface area contributed by atoms with Crippen molar-refractivity contribution in [3.8, 4) is 11.3 Å². The highest BCUT2D eigenvalue weighted by molar-refractivity contribution is 6.35. The summed E-state index contributed by atoms with van der Waals surface area (Å²) in [5.41, 5.74) is 0.726. The topological polar surface area (TPSA) is 33.5 Å². The second-order valence-corrected chi connectivity index (χ2v) is 5.51. The van der Waals surface area contributed by atoms with Crippen LogP contribution in [-0.2, 0) is 4.79 Å². The van der Waals surface area contributed by atoms with Crippen LogP contribution in [0.3, 0.4) is 0 Å². The van der Waals surface area contributed by atoms with Crippen LogP contribution in [0.1, 0.15) is 19.6 Å². The number of nitrogens with zero attached hydrogens (tertiary/aromatic N) is 1. The number of hydrogen-bond donors (Lipinski definition) is 0. The van der Waals surface area contributed by atoms with Crippen LogP contribution in [0.4, 0.5) is 0 Å². The van der Waals surface area contributed by atoms with Crippen LogP contribution in [0.2, 0.25) is 10.0 Å². The third kappa shape index (κ3) is 3.93. The molecule has 1 amide bonds. The van der Waals surface area contributed by atoms with Gasteiger partial charge in [-0.2, -0.15) is 0 Å². The highest BCUT2D eigenvalue weighted by Crippen LogP contribution is 2.32. The minimum atomic E-state index is -0.0382. The van der Waals surface area contributed by atoms with Crippen LogP contribution in [0, 0.1) is 0 Å². The van der Waals surface area contributed by atoms with E-state index in [2.05, 4.69) is 0 Å². The Morgan fingerprint density at radius 1 is 1.18 bits per heavy atom. The van der Waals surface area contributed by atoms with Crippen LogP contribution < -0.4 is 0 Å². The standard InChI is InChI=1S/C17H17Cl2NO2/c1-3-20(4-2)17(21)10-7-13-6-9-16(22-13)14-11-12(18)5-8-15(14)19/h5-11H,3-4H2,1-2H3. The van der Waals surface area contributed by atoms with Gasteiger partial charge in [0.2, 0.25) is 5.91 Å². The molecule has 3 nitrogen and oxygen atoms in total. The number of likely N-dealkylation sites (N-methyl/N-ethyl adjacent to an activating group) is 1. The summed E-state index contributed by atoms with van der Waals surface area (Å²) in [6.07, 6.45) is 3.16. The second kappa shape index (κ2) is 7.52. The van der Waals surface area contributed by atoms with Crippen molar-refractivity contribution in [2.24, 2.45) is 0 Å². The molecule has 0 saturated heterocycles. The predicted octanol–water partition coefficient (Wildman–Crippen LogP) is 5.14. The lowest BCUT2D eigenvalue weighted by Gasteiger charge is -2.15. The maximum atomic E-state index is 11.9. The third-order valence-electron chi connectivity index (χ3n) is 3.29. The van der Waals surface area contributed by atoms with Crippen LogP contribution in [-0.4, -0.2) is 23.9 Å². The molecule has 0 spiro atoms. The molecule has 0 radical (unpaired) electrons. The minimum absolute atomic E-state index is 0.0382. The summed E-state index contributed by atoms with van der Waals surface area (Å²) < 4.78 is 5.70. The number of amides is 1. The zero-order valence-corrected chi connectivity index (χ0v) is 14.0. The summed E-state index contributed by atoms with van der Waals surface area (Å²) >= 11 is 12.1. The summed E-state index contributed by atoms with van der Waals surface area (Å²) in [5, 5.41) is 1.15. The molecule has 0 aliphatic heterocycles. The van der Waals surface area contributed by atoms with Crippen LogP contribution in [0.25, 0.3) is 17.4 Å². The highest BCUT2D eigenvalue weighted by atomic mass is 35.5. The smallest absolute Gasteiger partial charge is 0.246 e. The zero-order valence-electron chi connectivity index (χ0n) is 12.5. The zero-order chi connectivity index (χ0) is 16.1. The Morgan fingerprint density at radius 3 is 2.59 bits per heavy atom. The fourth-order valence-corrected chi connectivity index (χ4v) is 2.45. The fraction of sp³-hybridized carbons (Fsp3) is 0.235. The van der Waals surface area contributed by atoms with Gasteiger partial charge < -0.3 is 9.32 Å². The Balaban J connectivity index is 2.18. The maximum absolute atomic E-state index is 11.9. The first kappa shape index (κ1) is 16.7. The van der Waals surface area contributed by atoms with Gasteiger partial charge in [0.1, 0.15) is 11.5 Å². The lowest BCUT2D eigenvalue weighted by molar-refractivity contribution is -0.125. The monoisotopic (exact) mass is 337 g/mol. The van der Waals surface area contributed by atoms with E-state index in [0.29, 0.717) is 34.7 Å². The molecule has 0 N–H and O–H groups in total. The van der Waals surface area contributed by atoms with Gasteiger partial charge in [-0.1, -0.05) is 23.2 Å². The first-order valence-corrected chi connectivity index (χ1v) is 7.83. The summed E-state index contributed by atoms with van der Waals surface area (Å²) in [4.78, 5) is 13.6. The van der Waals surface area contributed by atoms with Gasteiger partial charge in [-0.15, -0.1) is 0 Å². The molecule has 0 bridgehead atoms. The van der Waals surface area contributed by atoms with Crippen molar-refractivity contribution >= 4 is 35.2 Å². The molecule has 0 atom stereocenters. The number of halogens is 2. The Morgan fingerprint density at radius 2 is 1.91 bits per heavy atom. The van der Waals surface area contributed by atoms with Gasteiger partial charge in [0.05, 0.1) is 5.02 Å². The van der Waals surface area contributed by atoms with Crippen molar-refractivity contribution < 1.29 is 9.21 Å². The van der Waals surface area contributed by atoms with E-state index in [1.54, 1.807) is 41.3 Å². The van der Waals surface area contributed by atoms with Crippen molar-refractivity contribution in [1.29, 1.82) is 0 Å². The summed E-state index contributed by atoms with van der Waals surface area (Å²) in [6, 6.07) is 8.79. The average molecular weight is 338 g/mol. The molecule has 1 heterocycles. The van der Waals surface area contributed by atoms with E-state index in [0.717, 1.165) is 5.56 Å². The summed E-state index contributed by atoms with van der Waals surface area (Å²) in [6.45, 7) is 5.26. The molecular formula is C17H17Cl2NO2. The maximum Gasteiger partial charge on any atom is 0.246 e. The van der Waals surface area contributed by atoms with Crippen molar-refractivity contribution in [1.82, 2.24) is 4.90 Å². The normalized spacial score (nSPS) is 11.1. The van der Waals surface area contributed by atoms with E-state index >= 15 is 0 Å². The van der Waals surface area contributed by atoms with E-state index in [1.807, 2.05) is 13.8 Å². The minimum Gasteiger partial charge on any atom is -0.457 e. The number of hydrogen-bond acceptors (Lipinski definition) is 2. The Kier molecular flexibility index (Phi) is 5.69. The van der Waals surface area contributed by atoms with E-state index < -0.39 is 0 Å². The average Bonchev–Trinajstić information content (AvgIpc) is 2.97. The first-order chi connectivity index (χ1) is 10.5. The SMILES string of the molecule is CCN(CC)C(=O)C=Cc1ccc(-c2cc(Cl)ccc2Cl)o1. The van der Waals surface area contributed by atoms with E-state index in [1.165, 1.54) is 6.08 Å². The molecule has 116 valence electrons. The van der Waals surface area contributed by atoms with E-state index in [4.69, 9.17) is 27.6 Å². The molecule has 5 heteroatoms. The number of furan rings is 1. The van der Waals surface area contributed by atoms with Gasteiger partial charge in [0.15, 0.2) is 0 Å². The van der Waals surface area contributed by atoms with Gasteiger partial charge in [0.25, 0.3) is 0 Å². The Bertz CT molecular complexity index is 688. The Labute approximate surface area is 140 Å². The lowest BCUT2D eigenvalue weighted by atomic mass is 10.2. The number of carbonyl (C=O) groups is 1. The molecule has 0 fully saturated rings. The predicted molar refractivity (Wildman–Crippen MR) is 91.1 cm³/mol. The largest absolute Gasteiger partial charge is 0.457 e. The molecule has 0 aliphatic rings. The van der Waals surface area contributed by atoms with Crippen molar-refractivity contribution in [3.63, 3.8) is 0 Å². The van der Waals surface area contributed by atoms with Gasteiger partial charge in [-0.25, -0.2) is 0 Å². The number of carbonyl (C=O) groups excluding carboxylic acids is 1. The number of rotatable bonds is 5. The van der Waals surface area contributed by atoms with Crippen LogP contribution in [0.5, 0.6) is 0 Å². The van der Waals surface area contributed by atoms with Crippen LogP contribution in [0.15, 0.2) is 40.8 Å². The molecular weight excluding hydrogens is 321 g/mol. The second-order valence-electron chi connectivity index (χ2n) is 4.67. The van der Waals surface area contributed by atoms with Crippen molar-refractivity contribution in [2.75, 3.05) is 13.1 Å². The van der Waals surface area contributed by atoms with Crippen LogP contribution >= 0.6 is 23.2 Å². The molecule has 0 saturated carbocycles. The van der Waals surface area contributed by atoms with Gasteiger partial charge in [0, 0.05) is 29.8 Å². The Hall–Kier alpha value is -1.71. The summed E-state index contributed by atoms with van der Waals surface area (Å²) in [5.74, 6) is 1.16. The molecule has 22 heavy (non-hydrogen) atoms. The molecule has 1 aromatic carbocycles. The van der Waals surface area contributed by atoms with Gasteiger partial charge >= 0.3 is 0 Å². The molecule has 2 aromatic rings. The quantitative estimate of drug-likeness (QED) is 0.708. The third-order valence-corrected chi connectivity index (χ3v) is 3.85. The van der Waals surface area contributed by atoms with Crippen molar-refractivity contribution in [3.05, 3.63) is 52.2 Å². The molecule has 2 rings (SSSR count). The lowest BCUT2D eigenvalue weighted by Crippen LogP contribution is -2.28. The van der Waals surface area contributed by atoms with Gasteiger partial charge in [-0.3, -0.25) is 4.79 Å². The fourth-order valence-electron chi connectivity index (χ4n) is 2.07.